The molecule has 5 nitrogen and oxygen atoms in total. The zero-order valence-electron chi connectivity index (χ0n) is 14.4. The lowest BCUT2D eigenvalue weighted by Gasteiger charge is -2.47. The molecule has 1 aromatic heterocycles. The van der Waals surface area contributed by atoms with Crippen molar-refractivity contribution in [1.82, 2.24) is 9.21 Å². The number of benzene rings is 1. The van der Waals surface area contributed by atoms with E-state index in [-0.39, 0.29) is 18.0 Å². The van der Waals surface area contributed by atoms with Gasteiger partial charge in [-0.05, 0) is 24.8 Å². The van der Waals surface area contributed by atoms with Gasteiger partial charge in [0.05, 0.1) is 12.3 Å². The molecule has 3 unspecified atom stereocenters. The Bertz CT molecular complexity index is 874. The zero-order chi connectivity index (χ0) is 17.1. The first kappa shape index (κ1) is 16.1. The van der Waals surface area contributed by atoms with E-state index < -0.39 is 10.0 Å². The molecule has 0 spiro atoms. The molecule has 3 heterocycles. The van der Waals surface area contributed by atoms with Crippen LogP contribution in [0.4, 0.5) is 0 Å². The Balaban J connectivity index is 1.76. The third-order valence-corrected chi connectivity index (χ3v) is 7.16. The van der Waals surface area contributed by atoms with Crippen molar-refractivity contribution in [3.05, 3.63) is 35.6 Å². The van der Waals surface area contributed by atoms with Gasteiger partial charge in [0.15, 0.2) is 0 Å². The van der Waals surface area contributed by atoms with Gasteiger partial charge in [0.25, 0.3) is 0 Å². The van der Waals surface area contributed by atoms with E-state index in [1.54, 1.807) is 11.4 Å². The van der Waals surface area contributed by atoms with Crippen molar-refractivity contribution in [2.45, 2.75) is 31.8 Å². The minimum Gasteiger partial charge on any atom is -0.459 e. The molecule has 0 N–H and O–H groups in total. The first-order valence-corrected chi connectivity index (χ1v) is 10.4. The lowest BCUT2D eigenvalue weighted by atomic mass is 9.81. The highest BCUT2D eigenvalue weighted by molar-refractivity contribution is 7.88. The van der Waals surface area contributed by atoms with Gasteiger partial charge in [-0.1, -0.05) is 25.1 Å². The van der Waals surface area contributed by atoms with E-state index in [9.17, 15) is 8.42 Å². The second-order valence-corrected chi connectivity index (χ2v) is 9.21. The largest absolute Gasteiger partial charge is 0.459 e. The van der Waals surface area contributed by atoms with Crippen LogP contribution >= 0.6 is 0 Å². The van der Waals surface area contributed by atoms with Gasteiger partial charge < -0.3 is 4.42 Å². The van der Waals surface area contributed by atoms with E-state index in [1.165, 1.54) is 17.2 Å². The van der Waals surface area contributed by atoms with Gasteiger partial charge in [-0.3, -0.25) is 4.90 Å². The lowest BCUT2D eigenvalue weighted by Crippen LogP contribution is -2.53. The second kappa shape index (κ2) is 5.58. The average molecular weight is 348 g/mol. The van der Waals surface area contributed by atoms with Crippen molar-refractivity contribution < 1.29 is 12.8 Å². The molecule has 4 rings (SSSR count). The lowest BCUT2D eigenvalue weighted by molar-refractivity contribution is 0.0332. The average Bonchev–Trinajstić information content (AvgIpc) is 2.92. The standard InChI is InChI=1S/C18H24N2O3S/c1-12-15(19(2)24(3,21)22)9-11-20-10-8-14-13-6-4-5-7-16(13)23-18(14)17(12)20/h4-7,12,15,17H,8-11H2,1-3H3. The van der Waals surface area contributed by atoms with Crippen LogP contribution in [0.2, 0.25) is 0 Å². The number of hydrogen-bond donors (Lipinski definition) is 0. The fourth-order valence-corrected chi connectivity index (χ4v) is 5.32. The smallest absolute Gasteiger partial charge is 0.211 e. The van der Waals surface area contributed by atoms with Crippen molar-refractivity contribution >= 4 is 21.0 Å². The summed E-state index contributed by atoms with van der Waals surface area (Å²) in [6.07, 6.45) is 3.17. The normalized spacial score (nSPS) is 28.1. The van der Waals surface area contributed by atoms with E-state index in [2.05, 4.69) is 24.0 Å². The van der Waals surface area contributed by atoms with E-state index in [0.29, 0.717) is 0 Å². The number of nitrogens with zero attached hydrogens (tertiary/aromatic N) is 2. The second-order valence-electron chi connectivity index (χ2n) is 7.17. The Morgan fingerprint density at radius 2 is 2.00 bits per heavy atom. The molecule has 0 radical (unpaired) electrons. The number of furan rings is 1. The number of hydrogen-bond acceptors (Lipinski definition) is 4. The molecule has 0 saturated carbocycles. The molecule has 2 aliphatic heterocycles. The van der Waals surface area contributed by atoms with Crippen molar-refractivity contribution in [1.29, 1.82) is 0 Å². The molecule has 130 valence electrons. The van der Waals surface area contributed by atoms with Crippen LogP contribution in [0.1, 0.15) is 30.7 Å². The Kier molecular flexibility index (Phi) is 3.74. The minimum absolute atomic E-state index is 0.0143. The summed E-state index contributed by atoms with van der Waals surface area (Å²) in [5.41, 5.74) is 2.25. The third-order valence-electron chi connectivity index (χ3n) is 5.85. The fraction of sp³-hybridized carbons (Fsp3) is 0.556. The van der Waals surface area contributed by atoms with Crippen molar-refractivity contribution in [3.8, 4) is 0 Å². The molecule has 0 aliphatic carbocycles. The van der Waals surface area contributed by atoms with Gasteiger partial charge >= 0.3 is 0 Å². The maximum Gasteiger partial charge on any atom is 0.211 e. The number of fused-ring (bicyclic) bond motifs is 5. The Morgan fingerprint density at radius 1 is 1.25 bits per heavy atom. The highest BCUT2D eigenvalue weighted by Crippen LogP contribution is 2.45. The molecule has 1 saturated heterocycles. The summed E-state index contributed by atoms with van der Waals surface area (Å²) >= 11 is 0. The Labute approximate surface area is 143 Å². The van der Waals surface area contributed by atoms with Gasteiger partial charge in [0.2, 0.25) is 10.0 Å². The third kappa shape index (κ3) is 2.39. The fourth-order valence-electron chi connectivity index (χ4n) is 4.53. The van der Waals surface area contributed by atoms with Crippen LogP contribution in [0.15, 0.2) is 28.7 Å². The summed E-state index contributed by atoms with van der Waals surface area (Å²) < 4.78 is 31.8. The molecule has 0 amide bonds. The van der Waals surface area contributed by atoms with Gasteiger partial charge in [-0.15, -0.1) is 0 Å². The van der Waals surface area contributed by atoms with E-state index in [4.69, 9.17) is 4.42 Å². The molecule has 1 aromatic carbocycles. The van der Waals surface area contributed by atoms with Crippen LogP contribution < -0.4 is 0 Å². The maximum absolute atomic E-state index is 12.0. The minimum atomic E-state index is -3.19. The highest BCUT2D eigenvalue weighted by Gasteiger charge is 2.44. The topological polar surface area (TPSA) is 53.8 Å². The van der Waals surface area contributed by atoms with E-state index in [1.807, 2.05) is 12.1 Å². The van der Waals surface area contributed by atoms with E-state index in [0.717, 1.165) is 37.3 Å². The van der Waals surface area contributed by atoms with Crippen LogP contribution in [0.3, 0.4) is 0 Å². The highest BCUT2D eigenvalue weighted by atomic mass is 32.2. The number of sulfonamides is 1. The molecule has 24 heavy (non-hydrogen) atoms. The molecule has 0 bridgehead atoms. The van der Waals surface area contributed by atoms with Gasteiger partial charge in [-0.2, -0.15) is 0 Å². The predicted octanol–water partition coefficient (Wildman–Crippen LogP) is 2.63. The molecular weight excluding hydrogens is 324 g/mol. The predicted molar refractivity (Wildman–Crippen MR) is 94.4 cm³/mol. The summed E-state index contributed by atoms with van der Waals surface area (Å²) in [6, 6.07) is 8.37. The SMILES string of the molecule is CC1C2c3oc4ccccc4c3CCN2CCC1N(C)S(C)(=O)=O. The van der Waals surface area contributed by atoms with Gasteiger partial charge in [0, 0.05) is 37.1 Å². The molecule has 1 fully saturated rings. The van der Waals surface area contributed by atoms with Crippen LogP contribution in [0.25, 0.3) is 11.0 Å². The molecule has 3 atom stereocenters. The summed E-state index contributed by atoms with van der Waals surface area (Å²) in [6.45, 7) is 4.09. The Hall–Kier alpha value is -1.37. The van der Waals surface area contributed by atoms with E-state index >= 15 is 0 Å². The molecule has 6 heteroatoms. The van der Waals surface area contributed by atoms with Gasteiger partial charge in [0.1, 0.15) is 11.3 Å². The number of piperidine rings is 1. The summed E-state index contributed by atoms with van der Waals surface area (Å²) in [5, 5.41) is 1.21. The first-order valence-electron chi connectivity index (χ1n) is 8.55. The van der Waals surface area contributed by atoms with Crippen molar-refractivity contribution in [3.63, 3.8) is 0 Å². The van der Waals surface area contributed by atoms with Crippen molar-refractivity contribution in [2.75, 3.05) is 26.4 Å². The quantitative estimate of drug-likeness (QED) is 0.837. The summed E-state index contributed by atoms with van der Waals surface area (Å²) in [7, 11) is -1.49. The van der Waals surface area contributed by atoms with Crippen LogP contribution in [0.5, 0.6) is 0 Å². The first-order chi connectivity index (χ1) is 11.4. The maximum atomic E-state index is 12.0. The van der Waals surface area contributed by atoms with Crippen LogP contribution in [-0.2, 0) is 16.4 Å². The zero-order valence-corrected chi connectivity index (χ0v) is 15.2. The molecule has 2 aromatic rings. The van der Waals surface area contributed by atoms with Gasteiger partial charge in [-0.25, -0.2) is 12.7 Å². The molecule has 2 aliphatic rings. The number of rotatable bonds is 2. The van der Waals surface area contributed by atoms with Crippen LogP contribution in [-0.4, -0.2) is 50.1 Å². The van der Waals surface area contributed by atoms with Crippen molar-refractivity contribution in [2.24, 2.45) is 5.92 Å². The monoisotopic (exact) mass is 348 g/mol. The summed E-state index contributed by atoms with van der Waals surface area (Å²) in [5.74, 6) is 1.24. The Morgan fingerprint density at radius 3 is 2.75 bits per heavy atom. The van der Waals surface area contributed by atoms with Crippen LogP contribution in [0, 0.1) is 5.92 Å². The molecular formula is C18H24N2O3S. The summed E-state index contributed by atoms with van der Waals surface area (Å²) in [4.78, 5) is 2.46. The number of para-hydroxylation sites is 1.